The largest absolute Gasteiger partial charge is 0.480 e. The lowest BCUT2D eigenvalue weighted by Gasteiger charge is -2.23. The zero-order valence-electron chi connectivity index (χ0n) is 10.3. The zero-order valence-corrected chi connectivity index (χ0v) is 12.0. The van der Waals surface area contributed by atoms with Crippen molar-refractivity contribution in [2.75, 3.05) is 18.8 Å². The number of rotatable bonds is 3. The van der Waals surface area contributed by atoms with Crippen LogP contribution in [0.4, 0.5) is 0 Å². The molecule has 1 rings (SSSR count). The van der Waals surface area contributed by atoms with E-state index in [1.807, 2.05) is 0 Å². The van der Waals surface area contributed by atoms with E-state index < -0.39 is 21.2 Å². The lowest BCUT2D eigenvalue weighted by atomic mass is 10.1. The number of sulfonamides is 1. The molecule has 17 heavy (non-hydrogen) atoms. The average molecular weight is 281 g/mol. The second-order valence-electron chi connectivity index (χ2n) is 4.78. The monoisotopic (exact) mass is 281 g/mol. The topological polar surface area (TPSA) is 74.7 Å². The molecule has 1 aliphatic rings. The van der Waals surface area contributed by atoms with Crippen LogP contribution in [0.15, 0.2) is 0 Å². The number of aliphatic carboxylic acids is 1. The van der Waals surface area contributed by atoms with Gasteiger partial charge in [-0.3, -0.25) is 4.79 Å². The molecule has 1 N–H and O–H groups in total. The highest BCUT2D eigenvalue weighted by Gasteiger charge is 2.36. The third-order valence-corrected chi connectivity index (χ3v) is 6.50. The van der Waals surface area contributed by atoms with E-state index in [2.05, 4.69) is 13.8 Å². The van der Waals surface area contributed by atoms with Crippen LogP contribution < -0.4 is 0 Å². The Morgan fingerprint density at radius 3 is 2.53 bits per heavy atom. The van der Waals surface area contributed by atoms with Crippen molar-refractivity contribution in [1.29, 1.82) is 0 Å². The first kappa shape index (κ1) is 14.8. The maximum absolute atomic E-state index is 12.0. The minimum atomic E-state index is -3.71. The Bertz CT molecular complexity index is 391. The van der Waals surface area contributed by atoms with Crippen molar-refractivity contribution in [2.45, 2.75) is 37.2 Å². The molecule has 7 heteroatoms. The average Bonchev–Trinajstić information content (AvgIpc) is 2.38. The van der Waals surface area contributed by atoms with Crippen molar-refractivity contribution in [3.05, 3.63) is 0 Å². The first-order chi connectivity index (χ1) is 7.67. The predicted octanol–water partition coefficient (Wildman–Crippen LogP) is 1.01. The Hall–Kier alpha value is -0.270. The molecule has 0 saturated carbocycles. The molecule has 0 radical (unpaired) electrons. The van der Waals surface area contributed by atoms with Crippen LogP contribution in [-0.2, 0) is 14.8 Å². The number of nitrogens with zero attached hydrogens (tertiary/aromatic N) is 1. The molecule has 1 unspecified atom stereocenters. The molecule has 0 aromatic heterocycles. The van der Waals surface area contributed by atoms with Gasteiger partial charge < -0.3 is 5.11 Å². The molecule has 0 bridgehead atoms. The first-order valence-electron chi connectivity index (χ1n) is 5.52. The quantitative estimate of drug-likeness (QED) is 0.835. The number of carbonyl (C=O) groups is 1. The van der Waals surface area contributed by atoms with Gasteiger partial charge in [0.2, 0.25) is 10.0 Å². The van der Waals surface area contributed by atoms with Crippen LogP contribution in [0.25, 0.3) is 0 Å². The van der Waals surface area contributed by atoms with Crippen molar-refractivity contribution in [3.63, 3.8) is 0 Å². The zero-order chi connectivity index (χ0) is 13.3. The van der Waals surface area contributed by atoms with Crippen LogP contribution in [-0.4, -0.2) is 52.6 Å². The lowest BCUT2D eigenvalue weighted by Crippen LogP contribution is -2.42. The molecular formula is C10H19NO4S2. The normalized spacial score (nSPS) is 23.9. The molecule has 1 aliphatic heterocycles. The van der Waals surface area contributed by atoms with Gasteiger partial charge in [-0.25, -0.2) is 12.7 Å². The van der Waals surface area contributed by atoms with Crippen LogP contribution in [0, 0.1) is 0 Å². The lowest BCUT2D eigenvalue weighted by molar-refractivity contribution is -0.136. The van der Waals surface area contributed by atoms with Gasteiger partial charge in [-0.15, -0.1) is 0 Å². The highest BCUT2D eigenvalue weighted by molar-refractivity contribution is 8.00. The summed E-state index contributed by atoms with van der Waals surface area (Å²) >= 11 is 1.73. The predicted molar refractivity (Wildman–Crippen MR) is 68.7 cm³/mol. The summed E-state index contributed by atoms with van der Waals surface area (Å²) in [7, 11) is -3.71. The molecule has 100 valence electrons. The SMILES string of the molecule is CC(C(=O)O)S(=O)(=O)N1CCSC(C)(C)CC1. The van der Waals surface area contributed by atoms with E-state index in [0.717, 1.165) is 6.42 Å². The van der Waals surface area contributed by atoms with Crippen molar-refractivity contribution < 1.29 is 18.3 Å². The van der Waals surface area contributed by atoms with Gasteiger partial charge >= 0.3 is 5.97 Å². The fourth-order valence-corrected chi connectivity index (χ4v) is 4.22. The van der Waals surface area contributed by atoms with E-state index in [9.17, 15) is 13.2 Å². The number of hydrogen-bond donors (Lipinski definition) is 1. The number of hydrogen-bond acceptors (Lipinski definition) is 4. The molecule has 0 aromatic rings. The summed E-state index contributed by atoms with van der Waals surface area (Å²) < 4.78 is 25.4. The van der Waals surface area contributed by atoms with E-state index in [1.54, 1.807) is 11.8 Å². The van der Waals surface area contributed by atoms with Gasteiger partial charge in [-0.1, -0.05) is 13.8 Å². The summed E-state index contributed by atoms with van der Waals surface area (Å²) in [5.41, 5.74) is 0. The van der Waals surface area contributed by atoms with Gasteiger partial charge in [0.1, 0.15) is 0 Å². The summed E-state index contributed by atoms with van der Waals surface area (Å²) in [6, 6.07) is 0. The summed E-state index contributed by atoms with van der Waals surface area (Å²) in [6.45, 7) is 6.18. The second-order valence-corrected chi connectivity index (χ2v) is 8.84. The molecule has 0 aliphatic carbocycles. The standard InChI is InChI=1S/C10H19NO4S2/c1-8(9(12)13)17(14,15)11-5-4-10(2,3)16-7-6-11/h8H,4-7H2,1-3H3,(H,12,13). The van der Waals surface area contributed by atoms with Gasteiger partial charge in [0.15, 0.2) is 5.25 Å². The Labute approximate surface area is 107 Å². The fraction of sp³-hybridized carbons (Fsp3) is 0.900. The van der Waals surface area contributed by atoms with E-state index in [0.29, 0.717) is 18.8 Å². The van der Waals surface area contributed by atoms with Gasteiger partial charge in [0.05, 0.1) is 0 Å². The number of carboxylic acids is 1. The number of thioether (sulfide) groups is 1. The minimum Gasteiger partial charge on any atom is -0.480 e. The van der Waals surface area contributed by atoms with E-state index >= 15 is 0 Å². The van der Waals surface area contributed by atoms with Crippen LogP contribution in [0.1, 0.15) is 27.2 Å². The molecule has 0 spiro atoms. The van der Waals surface area contributed by atoms with Crippen LogP contribution >= 0.6 is 11.8 Å². The Morgan fingerprint density at radius 1 is 1.41 bits per heavy atom. The summed E-state index contributed by atoms with van der Waals surface area (Å²) in [5.74, 6) is -0.584. The van der Waals surface area contributed by atoms with Crippen molar-refractivity contribution in [3.8, 4) is 0 Å². The third kappa shape index (κ3) is 3.59. The minimum absolute atomic E-state index is 0.0523. The van der Waals surface area contributed by atoms with E-state index in [-0.39, 0.29) is 4.75 Å². The molecule has 0 aromatic carbocycles. The summed E-state index contributed by atoms with van der Waals surface area (Å²) in [4.78, 5) is 10.8. The molecule has 0 amide bonds. The molecular weight excluding hydrogens is 262 g/mol. The second kappa shape index (κ2) is 5.16. The first-order valence-corrected chi connectivity index (χ1v) is 8.01. The van der Waals surface area contributed by atoms with Gasteiger partial charge in [-0.05, 0) is 13.3 Å². The Kier molecular flexibility index (Phi) is 4.49. The van der Waals surface area contributed by atoms with Crippen molar-refractivity contribution in [1.82, 2.24) is 4.31 Å². The van der Waals surface area contributed by atoms with Gasteiger partial charge in [0, 0.05) is 23.6 Å². The van der Waals surface area contributed by atoms with E-state index in [4.69, 9.17) is 5.11 Å². The maximum Gasteiger partial charge on any atom is 0.323 e. The van der Waals surface area contributed by atoms with E-state index in [1.165, 1.54) is 11.2 Å². The van der Waals surface area contributed by atoms with Crippen LogP contribution in [0.2, 0.25) is 0 Å². The number of carboxylic acid groups (broad SMARTS) is 1. The Balaban J connectivity index is 2.83. The van der Waals surface area contributed by atoms with Crippen molar-refractivity contribution >= 4 is 27.8 Å². The molecule has 1 heterocycles. The summed E-state index contributed by atoms with van der Waals surface area (Å²) in [6.07, 6.45) is 0.739. The Morgan fingerprint density at radius 2 is 2.00 bits per heavy atom. The van der Waals surface area contributed by atoms with Gasteiger partial charge in [-0.2, -0.15) is 11.8 Å². The fourth-order valence-electron chi connectivity index (χ4n) is 1.61. The molecule has 1 atom stereocenters. The maximum atomic E-state index is 12.0. The van der Waals surface area contributed by atoms with Crippen LogP contribution in [0.5, 0.6) is 0 Å². The van der Waals surface area contributed by atoms with Crippen molar-refractivity contribution in [2.24, 2.45) is 0 Å². The third-order valence-electron chi connectivity index (χ3n) is 2.95. The smallest absolute Gasteiger partial charge is 0.323 e. The molecule has 1 saturated heterocycles. The summed E-state index contributed by atoms with van der Waals surface area (Å²) in [5, 5.41) is 7.44. The molecule has 1 fully saturated rings. The molecule has 5 nitrogen and oxygen atoms in total. The highest BCUT2D eigenvalue weighted by atomic mass is 32.2. The highest BCUT2D eigenvalue weighted by Crippen LogP contribution is 2.31. The van der Waals surface area contributed by atoms with Gasteiger partial charge in [0.25, 0.3) is 0 Å². The van der Waals surface area contributed by atoms with Crippen LogP contribution in [0.3, 0.4) is 0 Å².